The summed E-state index contributed by atoms with van der Waals surface area (Å²) < 4.78 is 5.34. The number of benzene rings is 1. The van der Waals surface area contributed by atoms with E-state index in [2.05, 4.69) is 0 Å². The van der Waals surface area contributed by atoms with Crippen LogP contribution >= 0.6 is 0 Å². The molecule has 1 N–H and O–H groups in total. The van der Waals surface area contributed by atoms with E-state index in [9.17, 15) is 9.59 Å². The SMILES string of the molecule is CN(CC(=O)O)C(=O)CCOc1ccccc1. The van der Waals surface area contributed by atoms with Crippen LogP contribution in [0.1, 0.15) is 6.42 Å². The summed E-state index contributed by atoms with van der Waals surface area (Å²) in [6, 6.07) is 9.15. The third-order valence-electron chi connectivity index (χ3n) is 2.13. The molecule has 92 valence electrons. The molecule has 0 aliphatic heterocycles. The van der Waals surface area contributed by atoms with Crippen LogP contribution in [0.25, 0.3) is 0 Å². The van der Waals surface area contributed by atoms with Crippen LogP contribution in [0.4, 0.5) is 0 Å². The summed E-state index contributed by atoms with van der Waals surface area (Å²) in [5, 5.41) is 8.51. The van der Waals surface area contributed by atoms with Crippen molar-refractivity contribution in [2.75, 3.05) is 20.2 Å². The highest BCUT2D eigenvalue weighted by Gasteiger charge is 2.11. The van der Waals surface area contributed by atoms with Crippen molar-refractivity contribution in [2.45, 2.75) is 6.42 Å². The number of ether oxygens (including phenoxy) is 1. The molecule has 0 heterocycles. The van der Waals surface area contributed by atoms with Gasteiger partial charge < -0.3 is 14.7 Å². The van der Waals surface area contributed by atoms with E-state index in [1.165, 1.54) is 7.05 Å². The molecule has 0 saturated heterocycles. The van der Waals surface area contributed by atoms with Crippen molar-refractivity contribution in [2.24, 2.45) is 0 Å². The second-order valence-electron chi connectivity index (χ2n) is 3.56. The maximum Gasteiger partial charge on any atom is 0.323 e. The normalized spacial score (nSPS) is 9.71. The minimum Gasteiger partial charge on any atom is -0.493 e. The number of likely N-dealkylation sites (N-methyl/N-ethyl adjacent to an activating group) is 1. The van der Waals surface area contributed by atoms with Crippen LogP contribution in [0, 0.1) is 0 Å². The van der Waals surface area contributed by atoms with Crippen LogP contribution in [0.2, 0.25) is 0 Å². The van der Waals surface area contributed by atoms with Gasteiger partial charge in [-0.25, -0.2) is 0 Å². The summed E-state index contributed by atoms with van der Waals surface area (Å²) in [6.45, 7) is -0.0447. The molecule has 1 aromatic rings. The first kappa shape index (κ1) is 13.0. The fourth-order valence-electron chi connectivity index (χ4n) is 1.25. The molecule has 1 rings (SSSR count). The van der Waals surface area contributed by atoms with E-state index in [0.717, 1.165) is 4.90 Å². The molecule has 0 aliphatic rings. The molecular formula is C12H15NO4. The van der Waals surface area contributed by atoms with Gasteiger partial charge in [0.1, 0.15) is 12.3 Å². The Bertz CT molecular complexity index is 377. The predicted octanol–water partition coefficient (Wildman–Crippen LogP) is 0.998. The molecule has 0 spiro atoms. The minimum absolute atomic E-state index is 0.165. The zero-order chi connectivity index (χ0) is 12.7. The van der Waals surface area contributed by atoms with Crippen LogP contribution in [0.3, 0.4) is 0 Å². The molecule has 0 radical (unpaired) electrons. The number of para-hydroxylation sites is 1. The Morgan fingerprint density at radius 1 is 1.29 bits per heavy atom. The fraction of sp³-hybridized carbons (Fsp3) is 0.333. The van der Waals surface area contributed by atoms with Gasteiger partial charge in [-0.05, 0) is 12.1 Å². The zero-order valence-electron chi connectivity index (χ0n) is 9.63. The molecule has 0 bridgehead atoms. The van der Waals surface area contributed by atoms with E-state index in [0.29, 0.717) is 5.75 Å². The van der Waals surface area contributed by atoms with Crippen LogP contribution < -0.4 is 4.74 Å². The van der Waals surface area contributed by atoms with Crippen molar-refractivity contribution in [1.82, 2.24) is 4.90 Å². The lowest BCUT2D eigenvalue weighted by atomic mass is 10.3. The molecule has 0 aliphatic carbocycles. The number of rotatable bonds is 6. The highest BCUT2D eigenvalue weighted by molar-refractivity contribution is 5.81. The Labute approximate surface area is 99.6 Å². The fourth-order valence-corrected chi connectivity index (χ4v) is 1.25. The minimum atomic E-state index is -1.02. The topological polar surface area (TPSA) is 66.8 Å². The van der Waals surface area contributed by atoms with Crippen molar-refractivity contribution in [1.29, 1.82) is 0 Å². The monoisotopic (exact) mass is 237 g/mol. The quantitative estimate of drug-likeness (QED) is 0.801. The number of hydrogen-bond donors (Lipinski definition) is 1. The lowest BCUT2D eigenvalue weighted by molar-refractivity contribution is -0.143. The van der Waals surface area contributed by atoms with E-state index in [1.54, 1.807) is 12.1 Å². The molecular weight excluding hydrogens is 222 g/mol. The van der Waals surface area contributed by atoms with Gasteiger partial charge in [0.05, 0.1) is 13.0 Å². The number of carboxylic acid groups (broad SMARTS) is 1. The third kappa shape index (κ3) is 5.01. The van der Waals surface area contributed by atoms with Gasteiger partial charge in [-0.2, -0.15) is 0 Å². The Kier molecular flexibility index (Phi) is 5.00. The van der Waals surface area contributed by atoms with Gasteiger partial charge >= 0.3 is 5.97 Å². The number of carbonyl (C=O) groups is 2. The van der Waals surface area contributed by atoms with Gasteiger partial charge in [-0.1, -0.05) is 18.2 Å². The molecule has 5 heteroatoms. The molecule has 0 saturated carbocycles. The predicted molar refractivity (Wildman–Crippen MR) is 61.8 cm³/mol. The second kappa shape index (κ2) is 6.52. The first-order chi connectivity index (χ1) is 8.09. The molecule has 1 aromatic carbocycles. The standard InChI is InChI=1S/C12H15NO4/c1-13(9-12(15)16)11(14)7-8-17-10-5-3-2-4-6-10/h2-6H,7-9H2,1H3,(H,15,16). The van der Waals surface area contributed by atoms with Gasteiger partial charge in [-0.3, -0.25) is 9.59 Å². The van der Waals surface area contributed by atoms with Crippen molar-refractivity contribution >= 4 is 11.9 Å². The van der Waals surface area contributed by atoms with Crippen molar-refractivity contribution in [3.05, 3.63) is 30.3 Å². The van der Waals surface area contributed by atoms with Crippen LogP contribution in [0.15, 0.2) is 30.3 Å². The van der Waals surface area contributed by atoms with E-state index in [4.69, 9.17) is 9.84 Å². The Morgan fingerprint density at radius 3 is 2.53 bits per heavy atom. The highest BCUT2D eigenvalue weighted by Crippen LogP contribution is 2.08. The molecule has 5 nitrogen and oxygen atoms in total. The average Bonchev–Trinajstić information content (AvgIpc) is 2.29. The number of amides is 1. The van der Waals surface area contributed by atoms with Crippen molar-refractivity contribution in [3.63, 3.8) is 0 Å². The Morgan fingerprint density at radius 2 is 1.94 bits per heavy atom. The van der Waals surface area contributed by atoms with Crippen LogP contribution in [-0.2, 0) is 9.59 Å². The largest absolute Gasteiger partial charge is 0.493 e. The number of carbonyl (C=O) groups excluding carboxylic acids is 1. The van der Waals surface area contributed by atoms with Crippen molar-refractivity contribution < 1.29 is 19.4 Å². The van der Waals surface area contributed by atoms with Gasteiger partial charge in [0.25, 0.3) is 0 Å². The summed E-state index contributed by atoms with van der Waals surface area (Å²) in [6.07, 6.45) is 0.165. The molecule has 0 fully saturated rings. The zero-order valence-corrected chi connectivity index (χ0v) is 9.63. The first-order valence-corrected chi connectivity index (χ1v) is 5.23. The van der Waals surface area contributed by atoms with Gasteiger partial charge in [-0.15, -0.1) is 0 Å². The summed E-state index contributed by atoms with van der Waals surface area (Å²) in [5.74, 6) is -0.575. The molecule has 0 aromatic heterocycles. The van der Waals surface area contributed by atoms with Gasteiger partial charge in [0.15, 0.2) is 0 Å². The van der Waals surface area contributed by atoms with Crippen molar-refractivity contribution in [3.8, 4) is 5.75 Å². The smallest absolute Gasteiger partial charge is 0.323 e. The summed E-state index contributed by atoms with van der Waals surface area (Å²) in [7, 11) is 1.46. The summed E-state index contributed by atoms with van der Waals surface area (Å²) >= 11 is 0. The maximum absolute atomic E-state index is 11.5. The average molecular weight is 237 g/mol. The third-order valence-corrected chi connectivity index (χ3v) is 2.13. The van der Waals surface area contributed by atoms with E-state index in [-0.39, 0.29) is 25.5 Å². The number of hydrogen-bond acceptors (Lipinski definition) is 3. The van der Waals surface area contributed by atoms with Crippen LogP contribution in [-0.4, -0.2) is 42.1 Å². The molecule has 0 atom stereocenters. The number of carboxylic acids is 1. The maximum atomic E-state index is 11.5. The first-order valence-electron chi connectivity index (χ1n) is 5.23. The van der Waals surface area contributed by atoms with E-state index in [1.807, 2.05) is 18.2 Å². The Hall–Kier alpha value is -2.04. The summed E-state index contributed by atoms with van der Waals surface area (Å²) in [5.41, 5.74) is 0. The van der Waals surface area contributed by atoms with Crippen LogP contribution in [0.5, 0.6) is 5.75 Å². The molecule has 1 amide bonds. The number of nitrogens with zero attached hydrogens (tertiary/aromatic N) is 1. The van der Waals surface area contributed by atoms with E-state index < -0.39 is 5.97 Å². The summed E-state index contributed by atoms with van der Waals surface area (Å²) in [4.78, 5) is 23.0. The lowest BCUT2D eigenvalue weighted by Gasteiger charge is -2.14. The molecule has 0 unspecified atom stereocenters. The highest BCUT2D eigenvalue weighted by atomic mass is 16.5. The Balaban J connectivity index is 2.27. The lowest BCUT2D eigenvalue weighted by Crippen LogP contribution is -2.32. The number of aliphatic carboxylic acids is 1. The van der Waals surface area contributed by atoms with Gasteiger partial charge in [0, 0.05) is 7.05 Å². The van der Waals surface area contributed by atoms with Gasteiger partial charge in [0.2, 0.25) is 5.91 Å². The molecule has 17 heavy (non-hydrogen) atoms. The van der Waals surface area contributed by atoms with E-state index >= 15 is 0 Å². The second-order valence-corrected chi connectivity index (χ2v) is 3.56.